The number of hydrogen-bond donors (Lipinski definition) is 0. The maximum Gasteiger partial charge on any atom is 0.308 e. The van der Waals surface area contributed by atoms with Crippen LogP contribution in [-0.2, 0) is 16.0 Å². The number of rotatable bonds is 5. The second-order valence-corrected chi connectivity index (χ2v) is 5.24. The summed E-state index contributed by atoms with van der Waals surface area (Å²) in [4.78, 5) is 13.9. The largest absolute Gasteiger partial charge is 0.497 e. The number of likely N-dealkylation sites (tertiary alicyclic amines) is 1. The van der Waals surface area contributed by atoms with E-state index in [0.29, 0.717) is 0 Å². The van der Waals surface area contributed by atoms with Gasteiger partial charge >= 0.3 is 5.97 Å². The summed E-state index contributed by atoms with van der Waals surface area (Å²) < 4.78 is 9.96. The maximum atomic E-state index is 11.5. The van der Waals surface area contributed by atoms with Crippen molar-refractivity contribution in [2.75, 3.05) is 33.9 Å². The number of ether oxygens (including phenoxy) is 2. The van der Waals surface area contributed by atoms with Crippen LogP contribution in [0.4, 0.5) is 0 Å². The van der Waals surface area contributed by atoms with E-state index in [1.54, 1.807) is 7.11 Å². The fourth-order valence-corrected chi connectivity index (χ4v) is 2.64. The molecule has 1 heterocycles. The first kappa shape index (κ1) is 14.9. The third kappa shape index (κ3) is 3.97. The highest BCUT2D eigenvalue weighted by Crippen LogP contribution is 2.19. The predicted molar refractivity (Wildman–Crippen MR) is 77.9 cm³/mol. The summed E-state index contributed by atoms with van der Waals surface area (Å²) in [6.45, 7) is 3.01. The number of esters is 1. The van der Waals surface area contributed by atoms with Gasteiger partial charge in [0.05, 0.1) is 20.1 Å². The highest BCUT2D eigenvalue weighted by atomic mass is 16.5. The Kier molecular flexibility index (Phi) is 5.41. The van der Waals surface area contributed by atoms with Crippen molar-refractivity contribution >= 4 is 5.97 Å². The molecule has 0 N–H and O–H groups in total. The Labute approximate surface area is 120 Å². The van der Waals surface area contributed by atoms with Crippen molar-refractivity contribution in [2.24, 2.45) is 5.92 Å². The van der Waals surface area contributed by atoms with Crippen LogP contribution in [0.3, 0.4) is 0 Å². The third-order valence-electron chi connectivity index (χ3n) is 4.00. The number of piperidine rings is 1. The van der Waals surface area contributed by atoms with Crippen LogP contribution < -0.4 is 4.74 Å². The lowest BCUT2D eigenvalue weighted by atomic mass is 9.97. The highest BCUT2D eigenvalue weighted by Gasteiger charge is 2.25. The first-order chi connectivity index (χ1) is 9.72. The van der Waals surface area contributed by atoms with Gasteiger partial charge in [0.2, 0.25) is 0 Å². The van der Waals surface area contributed by atoms with Crippen LogP contribution in [0.2, 0.25) is 0 Å². The number of methoxy groups -OCH3 is 2. The lowest BCUT2D eigenvalue weighted by Gasteiger charge is -2.30. The van der Waals surface area contributed by atoms with Gasteiger partial charge in [-0.25, -0.2) is 0 Å². The van der Waals surface area contributed by atoms with Gasteiger partial charge in [-0.15, -0.1) is 0 Å². The minimum Gasteiger partial charge on any atom is -0.497 e. The molecule has 0 amide bonds. The van der Waals surface area contributed by atoms with E-state index < -0.39 is 0 Å². The van der Waals surface area contributed by atoms with E-state index in [2.05, 4.69) is 17.0 Å². The van der Waals surface area contributed by atoms with Crippen LogP contribution >= 0.6 is 0 Å². The molecule has 1 fully saturated rings. The minimum absolute atomic E-state index is 0.0557. The van der Waals surface area contributed by atoms with Gasteiger partial charge in [-0.1, -0.05) is 12.1 Å². The van der Waals surface area contributed by atoms with E-state index >= 15 is 0 Å². The smallest absolute Gasteiger partial charge is 0.308 e. The topological polar surface area (TPSA) is 38.8 Å². The number of benzene rings is 1. The fraction of sp³-hybridized carbons (Fsp3) is 0.562. The second kappa shape index (κ2) is 7.29. The molecule has 1 aromatic carbocycles. The van der Waals surface area contributed by atoms with Crippen LogP contribution in [0.25, 0.3) is 0 Å². The molecule has 4 nitrogen and oxygen atoms in total. The SMILES string of the molecule is COC(=O)C1CCN(CCc2ccc(OC)cc2)CC1. The Morgan fingerprint density at radius 3 is 2.40 bits per heavy atom. The van der Waals surface area contributed by atoms with E-state index in [4.69, 9.17) is 9.47 Å². The van der Waals surface area contributed by atoms with Crippen LogP contribution in [0, 0.1) is 5.92 Å². The summed E-state index contributed by atoms with van der Waals surface area (Å²) in [6.07, 6.45) is 2.86. The highest BCUT2D eigenvalue weighted by molar-refractivity contribution is 5.72. The Morgan fingerprint density at radius 2 is 1.85 bits per heavy atom. The molecule has 1 aromatic rings. The van der Waals surface area contributed by atoms with E-state index in [9.17, 15) is 4.79 Å². The molecule has 0 unspecified atom stereocenters. The van der Waals surface area contributed by atoms with E-state index in [-0.39, 0.29) is 11.9 Å². The molecular formula is C16H23NO3. The number of nitrogens with zero attached hydrogens (tertiary/aromatic N) is 1. The Bertz CT molecular complexity index is 422. The van der Waals surface area contributed by atoms with Crippen LogP contribution in [-0.4, -0.2) is 44.7 Å². The number of carbonyl (C=O) groups is 1. The summed E-state index contributed by atoms with van der Waals surface area (Å²) in [7, 11) is 3.15. The van der Waals surface area contributed by atoms with Gasteiger partial charge in [-0.3, -0.25) is 4.79 Å². The molecule has 0 aromatic heterocycles. The number of hydrogen-bond acceptors (Lipinski definition) is 4. The first-order valence-electron chi connectivity index (χ1n) is 7.16. The van der Waals surface area contributed by atoms with Gasteiger partial charge in [0.1, 0.15) is 5.75 Å². The van der Waals surface area contributed by atoms with Gasteiger partial charge in [0, 0.05) is 6.54 Å². The number of carbonyl (C=O) groups excluding carboxylic acids is 1. The third-order valence-corrected chi connectivity index (χ3v) is 4.00. The van der Waals surface area contributed by atoms with E-state index in [1.165, 1.54) is 12.7 Å². The van der Waals surface area contributed by atoms with Gasteiger partial charge in [-0.05, 0) is 50.0 Å². The zero-order valence-corrected chi connectivity index (χ0v) is 12.3. The van der Waals surface area contributed by atoms with Crippen molar-refractivity contribution < 1.29 is 14.3 Å². The first-order valence-corrected chi connectivity index (χ1v) is 7.16. The van der Waals surface area contributed by atoms with Crippen LogP contribution in [0.5, 0.6) is 5.75 Å². The maximum absolute atomic E-state index is 11.5. The molecule has 110 valence electrons. The van der Waals surface area contributed by atoms with Crippen molar-refractivity contribution in [3.63, 3.8) is 0 Å². The molecule has 1 aliphatic rings. The minimum atomic E-state index is -0.0557. The van der Waals surface area contributed by atoms with E-state index in [1.807, 2.05) is 12.1 Å². The molecule has 2 rings (SSSR count). The quantitative estimate of drug-likeness (QED) is 0.773. The van der Waals surface area contributed by atoms with Crippen molar-refractivity contribution in [1.29, 1.82) is 0 Å². The summed E-state index contributed by atoms with van der Waals surface area (Å²) >= 11 is 0. The molecule has 0 radical (unpaired) electrons. The Balaban J connectivity index is 1.74. The molecule has 0 saturated carbocycles. The molecule has 0 spiro atoms. The summed E-state index contributed by atoms with van der Waals surface area (Å²) in [6, 6.07) is 8.22. The normalized spacial score (nSPS) is 16.9. The predicted octanol–water partition coefficient (Wildman–Crippen LogP) is 2.12. The van der Waals surface area contributed by atoms with Crippen LogP contribution in [0.1, 0.15) is 18.4 Å². The summed E-state index contributed by atoms with van der Waals surface area (Å²) in [5.41, 5.74) is 1.32. The zero-order chi connectivity index (χ0) is 14.4. The van der Waals surface area contributed by atoms with Gasteiger partial charge < -0.3 is 14.4 Å². The monoisotopic (exact) mass is 277 g/mol. The molecule has 0 bridgehead atoms. The summed E-state index contributed by atoms with van der Waals surface area (Å²) in [5, 5.41) is 0. The lowest BCUT2D eigenvalue weighted by molar-refractivity contribution is -0.147. The fourth-order valence-electron chi connectivity index (χ4n) is 2.64. The lowest BCUT2D eigenvalue weighted by Crippen LogP contribution is -2.37. The average Bonchev–Trinajstić information content (AvgIpc) is 2.53. The van der Waals surface area contributed by atoms with Gasteiger partial charge in [-0.2, -0.15) is 0 Å². The molecule has 20 heavy (non-hydrogen) atoms. The van der Waals surface area contributed by atoms with E-state index in [0.717, 1.165) is 44.6 Å². The standard InChI is InChI=1S/C16H23NO3/c1-19-15-5-3-13(4-6-15)7-10-17-11-8-14(9-12-17)16(18)20-2/h3-6,14H,7-12H2,1-2H3. The van der Waals surface area contributed by atoms with Crippen molar-refractivity contribution in [3.05, 3.63) is 29.8 Å². The van der Waals surface area contributed by atoms with Crippen molar-refractivity contribution in [3.8, 4) is 5.75 Å². The van der Waals surface area contributed by atoms with Crippen molar-refractivity contribution in [2.45, 2.75) is 19.3 Å². The second-order valence-electron chi connectivity index (χ2n) is 5.24. The molecule has 4 heteroatoms. The zero-order valence-electron chi connectivity index (χ0n) is 12.3. The Hall–Kier alpha value is -1.55. The Morgan fingerprint density at radius 1 is 1.20 bits per heavy atom. The molecule has 0 aliphatic carbocycles. The van der Waals surface area contributed by atoms with Crippen LogP contribution in [0.15, 0.2) is 24.3 Å². The molecule has 1 aliphatic heterocycles. The molecule has 1 saturated heterocycles. The summed E-state index contributed by atoms with van der Waals surface area (Å²) in [5.74, 6) is 0.935. The van der Waals surface area contributed by atoms with Gasteiger partial charge in [0.25, 0.3) is 0 Å². The van der Waals surface area contributed by atoms with Crippen molar-refractivity contribution in [1.82, 2.24) is 4.90 Å². The van der Waals surface area contributed by atoms with Gasteiger partial charge in [0.15, 0.2) is 0 Å². The average molecular weight is 277 g/mol. The molecule has 0 atom stereocenters. The molecular weight excluding hydrogens is 254 g/mol.